The molecule has 2 heteroatoms. The molecule has 0 aromatic carbocycles. The van der Waals surface area contributed by atoms with Crippen LogP contribution in [0, 0.1) is 5.41 Å². The van der Waals surface area contributed by atoms with Crippen LogP contribution in [0.4, 0.5) is 0 Å². The Morgan fingerprint density at radius 1 is 1.12 bits per heavy atom. The average Bonchev–Trinajstić information content (AvgIpc) is 3.07. The number of fused-ring (bicyclic) bond motifs is 5. The van der Waals surface area contributed by atoms with Crippen LogP contribution < -0.4 is 0 Å². The first kappa shape index (κ1) is 10.0. The fourth-order valence-electron chi connectivity index (χ4n) is 4.16. The van der Waals surface area contributed by atoms with E-state index in [0.717, 1.165) is 11.8 Å². The van der Waals surface area contributed by atoms with E-state index in [2.05, 4.69) is 37.0 Å². The monoisotopic (exact) mass is 228 g/mol. The Kier molecular flexibility index (Phi) is 1.61. The van der Waals surface area contributed by atoms with E-state index in [9.17, 15) is 0 Å². The summed E-state index contributed by atoms with van der Waals surface area (Å²) in [6.07, 6.45) is 5.26. The van der Waals surface area contributed by atoms with Crippen LogP contribution in [0.25, 0.3) is 0 Å². The first-order valence-corrected chi connectivity index (χ1v) is 6.92. The van der Waals surface area contributed by atoms with Crippen LogP contribution in [0.3, 0.4) is 0 Å². The molecule has 0 aliphatic heterocycles. The van der Waals surface area contributed by atoms with E-state index in [4.69, 9.17) is 0 Å². The third-order valence-electron chi connectivity index (χ3n) is 5.96. The normalized spacial score (nSPS) is 37.2. The molecule has 2 bridgehead atoms. The molecule has 17 heavy (non-hydrogen) atoms. The smallest absolute Gasteiger partial charge is 0.0730 e. The minimum absolute atomic E-state index is 0.266. The maximum Gasteiger partial charge on any atom is 0.0730 e. The molecule has 4 rings (SSSR count). The molecule has 0 amide bonds. The van der Waals surface area contributed by atoms with E-state index in [1.54, 1.807) is 0 Å². The fourth-order valence-corrected chi connectivity index (χ4v) is 4.16. The third-order valence-corrected chi connectivity index (χ3v) is 5.96. The molecule has 0 saturated heterocycles. The van der Waals surface area contributed by atoms with Gasteiger partial charge in [-0.3, -0.25) is 0 Å². The highest BCUT2D eigenvalue weighted by atomic mass is 15.1. The van der Waals surface area contributed by atoms with Crippen LogP contribution in [0.2, 0.25) is 0 Å². The van der Waals surface area contributed by atoms with E-state index in [0.29, 0.717) is 5.41 Å². The summed E-state index contributed by atoms with van der Waals surface area (Å²) in [6, 6.07) is 2.39. The summed E-state index contributed by atoms with van der Waals surface area (Å²) in [5.74, 6) is 1.44. The van der Waals surface area contributed by atoms with Gasteiger partial charge in [-0.05, 0) is 48.6 Å². The summed E-state index contributed by atoms with van der Waals surface area (Å²) >= 11 is 0. The molecular weight excluding hydrogens is 208 g/mol. The topological polar surface area (TPSA) is 25.8 Å². The Hall–Kier alpha value is -0.920. The SMILES string of the molecule is CC12CCC(c3cc(C4CC4)nnc31)C2(C)C. The average molecular weight is 228 g/mol. The van der Waals surface area contributed by atoms with E-state index in [1.807, 2.05) is 0 Å². The third kappa shape index (κ3) is 1.03. The summed E-state index contributed by atoms with van der Waals surface area (Å²) in [7, 11) is 0. The van der Waals surface area contributed by atoms with Crippen molar-refractivity contribution >= 4 is 0 Å². The Morgan fingerprint density at radius 2 is 1.88 bits per heavy atom. The lowest BCUT2D eigenvalue weighted by atomic mass is 9.70. The second kappa shape index (κ2) is 2.73. The molecule has 2 nitrogen and oxygen atoms in total. The second-order valence-corrected chi connectivity index (χ2v) is 6.99. The molecule has 2 saturated carbocycles. The zero-order valence-electron chi connectivity index (χ0n) is 11.0. The van der Waals surface area contributed by atoms with Gasteiger partial charge < -0.3 is 0 Å². The number of nitrogens with zero attached hydrogens (tertiary/aromatic N) is 2. The molecule has 1 heterocycles. The van der Waals surface area contributed by atoms with Gasteiger partial charge in [0.15, 0.2) is 0 Å². The van der Waals surface area contributed by atoms with Crippen molar-refractivity contribution in [3.05, 3.63) is 23.0 Å². The van der Waals surface area contributed by atoms with Crippen molar-refractivity contribution in [1.29, 1.82) is 0 Å². The zero-order valence-corrected chi connectivity index (χ0v) is 11.0. The van der Waals surface area contributed by atoms with Gasteiger partial charge in [-0.2, -0.15) is 10.2 Å². The Balaban J connectivity index is 1.90. The largest absolute Gasteiger partial charge is 0.155 e. The highest BCUT2D eigenvalue weighted by Gasteiger charge is 2.60. The molecule has 3 aliphatic rings. The highest BCUT2D eigenvalue weighted by molar-refractivity contribution is 5.45. The molecule has 0 N–H and O–H groups in total. The predicted octanol–water partition coefficient (Wildman–Crippen LogP) is 3.53. The molecule has 1 aromatic heterocycles. The molecule has 0 spiro atoms. The van der Waals surface area contributed by atoms with E-state index in [1.165, 1.54) is 42.6 Å². The van der Waals surface area contributed by atoms with Crippen molar-refractivity contribution in [3.63, 3.8) is 0 Å². The van der Waals surface area contributed by atoms with Crippen LogP contribution in [-0.4, -0.2) is 10.2 Å². The van der Waals surface area contributed by atoms with Gasteiger partial charge in [0, 0.05) is 11.3 Å². The van der Waals surface area contributed by atoms with Crippen LogP contribution >= 0.6 is 0 Å². The number of aromatic nitrogens is 2. The van der Waals surface area contributed by atoms with Gasteiger partial charge in [0.2, 0.25) is 0 Å². The summed E-state index contributed by atoms with van der Waals surface area (Å²) in [6.45, 7) is 7.23. The van der Waals surface area contributed by atoms with Crippen LogP contribution in [0.5, 0.6) is 0 Å². The van der Waals surface area contributed by atoms with Crippen molar-refractivity contribution in [2.24, 2.45) is 5.41 Å². The van der Waals surface area contributed by atoms with Gasteiger partial charge in [0.05, 0.1) is 11.4 Å². The number of rotatable bonds is 1. The lowest BCUT2D eigenvalue weighted by Gasteiger charge is -2.33. The van der Waals surface area contributed by atoms with Gasteiger partial charge >= 0.3 is 0 Å². The van der Waals surface area contributed by atoms with Crippen LogP contribution in [0.15, 0.2) is 6.07 Å². The van der Waals surface area contributed by atoms with Crippen molar-refractivity contribution in [2.75, 3.05) is 0 Å². The summed E-state index contributed by atoms with van der Waals surface area (Å²) in [4.78, 5) is 0. The molecule has 2 atom stereocenters. The van der Waals surface area contributed by atoms with Gasteiger partial charge in [-0.1, -0.05) is 20.8 Å². The quantitative estimate of drug-likeness (QED) is 0.735. The molecule has 0 radical (unpaired) electrons. The van der Waals surface area contributed by atoms with E-state index in [-0.39, 0.29) is 5.41 Å². The fraction of sp³-hybridized carbons (Fsp3) is 0.733. The standard InChI is InChI=1S/C15H20N2/c1-14(2)11-6-7-15(14,3)13-10(11)8-12(16-17-13)9-4-5-9/h8-9,11H,4-7H2,1-3H3. The van der Waals surface area contributed by atoms with Crippen molar-refractivity contribution in [1.82, 2.24) is 10.2 Å². The van der Waals surface area contributed by atoms with Gasteiger partial charge in [0.25, 0.3) is 0 Å². The molecule has 3 aliphatic carbocycles. The maximum atomic E-state index is 4.62. The molecule has 2 unspecified atom stereocenters. The molecular formula is C15H20N2. The van der Waals surface area contributed by atoms with E-state index >= 15 is 0 Å². The van der Waals surface area contributed by atoms with Crippen LogP contribution in [-0.2, 0) is 5.41 Å². The summed E-state index contributed by atoms with van der Waals surface area (Å²) in [5, 5.41) is 9.11. The minimum atomic E-state index is 0.266. The highest BCUT2D eigenvalue weighted by Crippen LogP contribution is 2.67. The molecule has 90 valence electrons. The van der Waals surface area contributed by atoms with Crippen molar-refractivity contribution < 1.29 is 0 Å². The first-order chi connectivity index (χ1) is 8.04. The summed E-state index contributed by atoms with van der Waals surface area (Å²) in [5.41, 5.74) is 4.73. The zero-order chi connectivity index (χ0) is 11.8. The predicted molar refractivity (Wildman–Crippen MR) is 67.1 cm³/mol. The van der Waals surface area contributed by atoms with E-state index < -0.39 is 0 Å². The molecule has 2 fully saturated rings. The Labute approximate surface area is 103 Å². The Morgan fingerprint density at radius 3 is 2.59 bits per heavy atom. The number of hydrogen-bond acceptors (Lipinski definition) is 2. The number of hydrogen-bond donors (Lipinski definition) is 0. The van der Waals surface area contributed by atoms with Gasteiger partial charge in [-0.25, -0.2) is 0 Å². The lowest BCUT2D eigenvalue weighted by Crippen LogP contribution is -2.32. The first-order valence-electron chi connectivity index (χ1n) is 6.92. The van der Waals surface area contributed by atoms with Crippen LogP contribution in [0.1, 0.15) is 75.2 Å². The minimum Gasteiger partial charge on any atom is -0.155 e. The molecule has 1 aromatic rings. The summed E-state index contributed by atoms with van der Waals surface area (Å²) < 4.78 is 0. The maximum absolute atomic E-state index is 4.62. The lowest BCUT2D eigenvalue weighted by molar-refractivity contribution is 0.226. The van der Waals surface area contributed by atoms with Gasteiger partial charge in [0.1, 0.15) is 0 Å². The Bertz CT molecular complexity index is 502. The van der Waals surface area contributed by atoms with Gasteiger partial charge in [-0.15, -0.1) is 0 Å². The van der Waals surface area contributed by atoms with Crippen molar-refractivity contribution in [2.45, 2.75) is 63.7 Å². The second-order valence-electron chi connectivity index (χ2n) is 6.99. The van der Waals surface area contributed by atoms with Crippen molar-refractivity contribution in [3.8, 4) is 0 Å².